The number of nitrogens with zero attached hydrogens (tertiary/aromatic N) is 2. The van der Waals surface area contributed by atoms with Crippen molar-refractivity contribution in [2.75, 3.05) is 24.7 Å². The maximum Gasteiger partial charge on any atom is 0.305 e. The van der Waals surface area contributed by atoms with Gasteiger partial charge in [0.1, 0.15) is 22.9 Å². The molecule has 2 aromatic carbocycles. The molecule has 7 heteroatoms. The number of hydrogen-bond acceptors (Lipinski definition) is 5. The second kappa shape index (κ2) is 6.69. The minimum absolute atomic E-state index is 0.640. The summed E-state index contributed by atoms with van der Waals surface area (Å²) in [5.41, 5.74) is 3.71. The molecular formula is C22H18ClN2O2S2+. The lowest BCUT2D eigenvalue weighted by atomic mass is 10.2. The van der Waals surface area contributed by atoms with Gasteiger partial charge in [0.2, 0.25) is 11.3 Å². The lowest BCUT2D eigenvalue weighted by Crippen LogP contribution is -2.41. The molecule has 4 nitrogen and oxygen atoms in total. The highest BCUT2D eigenvalue weighted by Crippen LogP contribution is 2.49. The van der Waals surface area contributed by atoms with Gasteiger partial charge < -0.3 is 14.4 Å². The number of ether oxygens (including phenoxy) is 2. The van der Waals surface area contributed by atoms with Gasteiger partial charge in [-0.3, -0.25) is 0 Å². The number of hydrogen-bond donors (Lipinski definition) is 0. The number of benzene rings is 2. The van der Waals surface area contributed by atoms with Crippen LogP contribution in [0.15, 0.2) is 58.2 Å². The summed E-state index contributed by atoms with van der Waals surface area (Å²) in [5, 5.41) is 3.02. The molecule has 4 heterocycles. The van der Waals surface area contributed by atoms with Crippen molar-refractivity contribution in [3.63, 3.8) is 0 Å². The van der Waals surface area contributed by atoms with Crippen molar-refractivity contribution >= 4 is 56.4 Å². The van der Waals surface area contributed by atoms with Crippen LogP contribution >= 0.6 is 34.7 Å². The van der Waals surface area contributed by atoms with E-state index >= 15 is 0 Å². The lowest BCUT2D eigenvalue weighted by molar-refractivity contribution is -0.677. The average Bonchev–Trinajstić information content (AvgIpc) is 3.27. The quantitative estimate of drug-likeness (QED) is 0.476. The number of thiazole rings is 1. The molecule has 0 saturated heterocycles. The van der Waals surface area contributed by atoms with E-state index in [0.29, 0.717) is 13.2 Å². The van der Waals surface area contributed by atoms with Gasteiger partial charge in [0.15, 0.2) is 12.3 Å². The number of fused-ring (bicyclic) bond motifs is 6. The van der Waals surface area contributed by atoms with Gasteiger partial charge in [0.05, 0.1) is 12.2 Å². The van der Waals surface area contributed by atoms with Gasteiger partial charge in [-0.1, -0.05) is 40.8 Å². The van der Waals surface area contributed by atoms with E-state index in [2.05, 4.69) is 46.7 Å². The highest BCUT2D eigenvalue weighted by Gasteiger charge is 2.34. The molecule has 0 radical (unpaired) electrons. The second-order valence-electron chi connectivity index (χ2n) is 7.27. The first kappa shape index (κ1) is 17.7. The van der Waals surface area contributed by atoms with Crippen molar-refractivity contribution in [1.82, 2.24) is 0 Å². The predicted molar refractivity (Wildman–Crippen MR) is 118 cm³/mol. The lowest BCUT2D eigenvalue weighted by Gasteiger charge is -2.27. The number of allylic oxidation sites excluding steroid dienone is 1. The molecule has 0 N–H and O–H groups in total. The summed E-state index contributed by atoms with van der Waals surface area (Å²) >= 11 is 9.74. The standard InChI is InChI=1S/C22H18ClN2O2S2/c1-13-2-4-19-15(10-13)24-6-8-26-17(21(24)28-19)12-18-22-25(7-9-27-18)16-11-14(23)3-5-20(16)29-22/h2-5,10-12H,6-9H2,1H3/q+1. The molecule has 0 amide bonds. The molecule has 146 valence electrons. The van der Waals surface area contributed by atoms with E-state index in [1.54, 1.807) is 23.1 Å². The Labute approximate surface area is 182 Å². The minimum atomic E-state index is 0.640. The summed E-state index contributed by atoms with van der Waals surface area (Å²) in [7, 11) is 0. The summed E-state index contributed by atoms with van der Waals surface area (Å²) in [6.45, 7) is 5.14. The fourth-order valence-corrected chi connectivity index (χ4v) is 6.44. The minimum Gasteiger partial charge on any atom is -0.489 e. The Morgan fingerprint density at radius 2 is 2.07 bits per heavy atom. The number of aromatic nitrogens is 1. The van der Waals surface area contributed by atoms with Gasteiger partial charge in [0.25, 0.3) is 0 Å². The maximum atomic E-state index is 6.24. The van der Waals surface area contributed by atoms with Gasteiger partial charge in [-0.05, 0) is 36.8 Å². The maximum absolute atomic E-state index is 6.24. The molecule has 0 saturated carbocycles. The summed E-state index contributed by atoms with van der Waals surface area (Å²) in [4.78, 5) is 3.65. The molecule has 6 rings (SSSR count). The van der Waals surface area contributed by atoms with Crippen LogP contribution in [-0.4, -0.2) is 19.8 Å². The molecule has 0 spiro atoms. The summed E-state index contributed by atoms with van der Waals surface area (Å²) in [6, 6.07) is 12.7. The molecule has 29 heavy (non-hydrogen) atoms. The van der Waals surface area contributed by atoms with Crippen molar-refractivity contribution < 1.29 is 14.0 Å². The van der Waals surface area contributed by atoms with Crippen LogP contribution in [0.3, 0.4) is 0 Å². The average molecular weight is 442 g/mol. The summed E-state index contributed by atoms with van der Waals surface area (Å²) in [6.07, 6.45) is 2.06. The first-order chi connectivity index (χ1) is 14.2. The third-order valence-electron chi connectivity index (χ3n) is 5.35. The first-order valence-corrected chi connectivity index (χ1v) is 11.6. The zero-order valence-electron chi connectivity index (χ0n) is 15.8. The zero-order chi connectivity index (χ0) is 19.5. The van der Waals surface area contributed by atoms with Crippen LogP contribution in [0.4, 0.5) is 5.69 Å². The van der Waals surface area contributed by atoms with E-state index in [-0.39, 0.29) is 0 Å². The zero-order valence-corrected chi connectivity index (χ0v) is 18.2. The van der Waals surface area contributed by atoms with Crippen LogP contribution in [0.1, 0.15) is 10.6 Å². The van der Waals surface area contributed by atoms with Crippen LogP contribution in [0, 0.1) is 6.92 Å². The smallest absolute Gasteiger partial charge is 0.305 e. The summed E-state index contributed by atoms with van der Waals surface area (Å²) < 4.78 is 15.7. The Morgan fingerprint density at radius 3 is 3.00 bits per heavy atom. The van der Waals surface area contributed by atoms with Crippen molar-refractivity contribution in [2.45, 2.75) is 18.4 Å². The van der Waals surface area contributed by atoms with Crippen molar-refractivity contribution in [3.05, 3.63) is 68.9 Å². The molecular weight excluding hydrogens is 424 g/mol. The third kappa shape index (κ3) is 2.85. The van der Waals surface area contributed by atoms with Crippen LogP contribution in [0.25, 0.3) is 16.0 Å². The normalized spacial score (nSPS) is 19.1. The van der Waals surface area contributed by atoms with Crippen LogP contribution < -0.4 is 9.47 Å². The Hall–Kier alpha value is -2.15. The molecule has 0 bridgehead atoms. The van der Waals surface area contributed by atoms with E-state index in [0.717, 1.165) is 45.2 Å². The van der Waals surface area contributed by atoms with Gasteiger partial charge in [-0.2, -0.15) is 4.57 Å². The van der Waals surface area contributed by atoms with E-state index in [1.165, 1.54) is 20.8 Å². The van der Waals surface area contributed by atoms with E-state index in [4.69, 9.17) is 21.1 Å². The number of thioether (sulfide) groups is 1. The third-order valence-corrected chi connectivity index (χ3v) is 7.94. The number of halogens is 1. The SMILES string of the molecule is Cc1ccc2c(c1)N1CCOC(C=C3OCC[n+]4c3sc3ccc(Cl)cc34)=C1S2. The van der Waals surface area contributed by atoms with Crippen LogP contribution in [0.2, 0.25) is 5.02 Å². The molecule has 0 aliphatic carbocycles. The molecule has 0 unspecified atom stereocenters. The molecule has 3 aliphatic rings. The van der Waals surface area contributed by atoms with Gasteiger partial charge in [-0.25, -0.2) is 0 Å². The number of rotatable bonds is 1. The molecule has 0 fully saturated rings. The van der Waals surface area contributed by atoms with Gasteiger partial charge >= 0.3 is 5.01 Å². The van der Waals surface area contributed by atoms with E-state index < -0.39 is 0 Å². The largest absolute Gasteiger partial charge is 0.489 e. The summed E-state index contributed by atoms with van der Waals surface area (Å²) in [5.74, 6) is 1.75. The fraction of sp³-hybridized carbons (Fsp3) is 0.227. The second-order valence-corrected chi connectivity index (χ2v) is 9.77. The van der Waals surface area contributed by atoms with E-state index in [9.17, 15) is 0 Å². The molecule has 3 aromatic rings. The van der Waals surface area contributed by atoms with Crippen LogP contribution in [-0.2, 0) is 16.0 Å². The van der Waals surface area contributed by atoms with Crippen molar-refractivity contribution in [2.24, 2.45) is 0 Å². The van der Waals surface area contributed by atoms with Crippen molar-refractivity contribution in [1.29, 1.82) is 0 Å². The Kier molecular flexibility index (Phi) is 4.08. The monoisotopic (exact) mass is 441 g/mol. The highest BCUT2D eigenvalue weighted by atomic mass is 35.5. The number of aryl methyl sites for hydroxylation is 1. The Morgan fingerprint density at radius 1 is 1.14 bits per heavy atom. The Bertz CT molecular complexity index is 1230. The fourth-order valence-electron chi connectivity index (χ4n) is 4.00. The van der Waals surface area contributed by atoms with E-state index in [1.807, 2.05) is 12.1 Å². The van der Waals surface area contributed by atoms with Gasteiger partial charge in [-0.15, -0.1) is 0 Å². The van der Waals surface area contributed by atoms with Crippen LogP contribution in [0.5, 0.6) is 0 Å². The van der Waals surface area contributed by atoms with Gasteiger partial charge in [0, 0.05) is 22.1 Å². The highest BCUT2D eigenvalue weighted by molar-refractivity contribution is 8.03. The topological polar surface area (TPSA) is 25.6 Å². The predicted octanol–water partition coefficient (Wildman–Crippen LogP) is 5.33. The molecule has 1 aromatic heterocycles. The number of anilines is 1. The molecule has 3 aliphatic heterocycles. The van der Waals surface area contributed by atoms with Crippen molar-refractivity contribution in [3.8, 4) is 0 Å². The Balaban J connectivity index is 1.46. The first-order valence-electron chi connectivity index (χ1n) is 9.57. The molecule has 0 atom stereocenters.